The highest BCUT2D eigenvalue weighted by Crippen LogP contribution is 2.49. The first kappa shape index (κ1) is 13.6. The van der Waals surface area contributed by atoms with E-state index in [0.29, 0.717) is 18.4 Å². The molecule has 3 unspecified atom stereocenters. The van der Waals surface area contributed by atoms with E-state index in [0.717, 1.165) is 6.42 Å². The summed E-state index contributed by atoms with van der Waals surface area (Å²) in [5, 5.41) is 3.22. The Hall–Kier alpha value is -1.35. The Kier molecular flexibility index (Phi) is 3.33. The van der Waals surface area contributed by atoms with Gasteiger partial charge in [0.05, 0.1) is 5.54 Å². The zero-order valence-electron chi connectivity index (χ0n) is 12.4. The summed E-state index contributed by atoms with van der Waals surface area (Å²) in [6, 6.07) is 8.38. The molecule has 2 saturated carbocycles. The fourth-order valence-electron chi connectivity index (χ4n) is 3.25. The van der Waals surface area contributed by atoms with Crippen LogP contribution in [0.25, 0.3) is 0 Å². The van der Waals surface area contributed by atoms with Crippen molar-refractivity contribution in [1.29, 1.82) is 0 Å². The van der Waals surface area contributed by atoms with Crippen LogP contribution in [0.1, 0.15) is 43.2 Å². The van der Waals surface area contributed by atoms with Gasteiger partial charge in [-0.25, -0.2) is 0 Å². The molecule has 0 bridgehead atoms. The maximum atomic E-state index is 12.4. The van der Waals surface area contributed by atoms with Crippen LogP contribution in [-0.2, 0) is 4.79 Å². The Balaban J connectivity index is 1.64. The molecule has 0 heterocycles. The molecule has 0 aliphatic heterocycles. The van der Waals surface area contributed by atoms with Crippen LogP contribution in [0.4, 0.5) is 0 Å². The summed E-state index contributed by atoms with van der Waals surface area (Å²) in [6.07, 6.45) is 3.36. The van der Waals surface area contributed by atoms with Gasteiger partial charge >= 0.3 is 0 Å². The van der Waals surface area contributed by atoms with Crippen LogP contribution in [-0.4, -0.2) is 18.0 Å². The lowest BCUT2D eigenvalue weighted by Gasteiger charge is -2.29. The second-order valence-corrected chi connectivity index (χ2v) is 6.69. The Morgan fingerprint density at radius 2 is 2.10 bits per heavy atom. The van der Waals surface area contributed by atoms with Crippen molar-refractivity contribution in [3.05, 3.63) is 35.4 Å². The molecule has 0 aromatic heterocycles. The lowest BCUT2D eigenvalue weighted by molar-refractivity contribution is -0.124. The minimum Gasteiger partial charge on any atom is -0.349 e. The summed E-state index contributed by atoms with van der Waals surface area (Å²) in [4.78, 5) is 12.4. The fraction of sp³-hybridized carbons (Fsp3) is 0.588. The topological polar surface area (TPSA) is 55.1 Å². The van der Waals surface area contributed by atoms with Gasteiger partial charge in [-0.3, -0.25) is 4.79 Å². The van der Waals surface area contributed by atoms with E-state index in [1.165, 1.54) is 24.0 Å². The van der Waals surface area contributed by atoms with E-state index >= 15 is 0 Å². The molecule has 3 heteroatoms. The van der Waals surface area contributed by atoms with E-state index in [-0.39, 0.29) is 17.4 Å². The number of aryl methyl sites for hydroxylation is 1. The van der Waals surface area contributed by atoms with Gasteiger partial charge in [0, 0.05) is 12.5 Å². The molecule has 0 saturated heterocycles. The van der Waals surface area contributed by atoms with Crippen molar-refractivity contribution in [3.8, 4) is 0 Å². The molecule has 108 valence electrons. The highest BCUT2D eigenvalue weighted by atomic mass is 16.2. The molecular weight excluding hydrogens is 248 g/mol. The van der Waals surface area contributed by atoms with Crippen LogP contribution < -0.4 is 11.1 Å². The number of hydrogen-bond donors (Lipinski definition) is 2. The standard InChI is InChI=1S/C17H24N2O/c1-11-5-3-4-6-13(11)14-9-15(14)16(20)19-17(2,10-18)12-7-8-12/h3-6,12,14-15H,7-10,18H2,1-2H3,(H,19,20). The van der Waals surface area contributed by atoms with Crippen LogP contribution in [0, 0.1) is 18.8 Å². The van der Waals surface area contributed by atoms with Crippen LogP contribution in [0.3, 0.4) is 0 Å². The van der Waals surface area contributed by atoms with Gasteiger partial charge in [0.15, 0.2) is 0 Å². The molecule has 0 spiro atoms. The van der Waals surface area contributed by atoms with Gasteiger partial charge < -0.3 is 11.1 Å². The van der Waals surface area contributed by atoms with Crippen molar-refractivity contribution in [1.82, 2.24) is 5.32 Å². The quantitative estimate of drug-likeness (QED) is 0.864. The second-order valence-electron chi connectivity index (χ2n) is 6.69. The van der Waals surface area contributed by atoms with Gasteiger partial charge in [-0.15, -0.1) is 0 Å². The molecule has 1 amide bonds. The molecule has 3 N–H and O–H groups in total. The summed E-state index contributed by atoms with van der Waals surface area (Å²) in [5.41, 5.74) is 8.29. The van der Waals surface area contributed by atoms with E-state index in [2.05, 4.69) is 43.4 Å². The van der Waals surface area contributed by atoms with Gasteiger partial charge in [0.2, 0.25) is 5.91 Å². The largest absolute Gasteiger partial charge is 0.349 e. The molecule has 1 aromatic carbocycles. The summed E-state index contributed by atoms with van der Waals surface area (Å²) in [5.74, 6) is 1.31. The Bertz CT molecular complexity index is 523. The Labute approximate surface area is 120 Å². The number of amides is 1. The number of rotatable bonds is 5. The third-order valence-corrected chi connectivity index (χ3v) is 5.03. The van der Waals surface area contributed by atoms with Crippen molar-refractivity contribution < 1.29 is 4.79 Å². The molecule has 0 radical (unpaired) electrons. The van der Waals surface area contributed by atoms with Crippen LogP contribution in [0.5, 0.6) is 0 Å². The predicted octanol–water partition coefficient (Wildman–Crippen LogP) is 2.34. The van der Waals surface area contributed by atoms with Crippen molar-refractivity contribution in [3.63, 3.8) is 0 Å². The summed E-state index contributed by atoms with van der Waals surface area (Å²) < 4.78 is 0. The van der Waals surface area contributed by atoms with Crippen molar-refractivity contribution >= 4 is 5.91 Å². The molecular formula is C17H24N2O. The van der Waals surface area contributed by atoms with Crippen LogP contribution in [0.2, 0.25) is 0 Å². The molecule has 2 aliphatic rings. The van der Waals surface area contributed by atoms with Gasteiger partial charge in [-0.1, -0.05) is 24.3 Å². The van der Waals surface area contributed by atoms with Gasteiger partial charge in [-0.05, 0) is 56.1 Å². The SMILES string of the molecule is Cc1ccccc1C1CC1C(=O)NC(C)(CN)C1CC1. The highest BCUT2D eigenvalue weighted by molar-refractivity contribution is 5.83. The normalized spacial score (nSPS) is 27.8. The maximum Gasteiger partial charge on any atom is 0.224 e. The van der Waals surface area contributed by atoms with Crippen molar-refractivity contribution in [2.24, 2.45) is 17.6 Å². The zero-order valence-corrected chi connectivity index (χ0v) is 12.4. The molecule has 1 aromatic rings. The minimum absolute atomic E-state index is 0.140. The van der Waals surface area contributed by atoms with Gasteiger partial charge in [0.25, 0.3) is 0 Å². The van der Waals surface area contributed by atoms with E-state index in [9.17, 15) is 4.79 Å². The zero-order chi connectivity index (χ0) is 14.3. The van der Waals surface area contributed by atoms with E-state index in [1.54, 1.807) is 0 Å². The maximum absolute atomic E-state index is 12.4. The first-order chi connectivity index (χ1) is 9.55. The monoisotopic (exact) mass is 272 g/mol. The third-order valence-electron chi connectivity index (χ3n) is 5.03. The van der Waals surface area contributed by atoms with E-state index < -0.39 is 0 Å². The summed E-state index contributed by atoms with van der Waals surface area (Å²) in [6.45, 7) is 4.75. The van der Waals surface area contributed by atoms with Crippen LogP contribution in [0.15, 0.2) is 24.3 Å². The van der Waals surface area contributed by atoms with Crippen molar-refractivity contribution in [2.45, 2.75) is 44.6 Å². The predicted molar refractivity (Wildman–Crippen MR) is 80.4 cm³/mol. The number of hydrogen-bond acceptors (Lipinski definition) is 2. The van der Waals surface area contributed by atoms with Gasteiger partial charge in [0.1, 0.15) is 0 Å². The number of carbonyl (C=O) groups is 1. The average Bonchev–Trinajstić information content (AvgIpc) is 3.29. The van der Waals surface area contributed by atoms with Crippen molar-refractivity contribution in [2.75, 3.05) is 6.54 Å². The molecule has 3 atom stereocenters. The van der Waals surface area contributed by atoms with Crippen LogP contribution >= 0.6 is 0 Å². The molecule has 3 nitrogen and oxygen atoms in total. The first-order valence-electron chi connectivity index (χ1n) is 7.63. The average molecular weight is 272 g/mol. The molecule has 3 rings (SSSR count). The lowest BCUT2D eigenvalue weighted by Crippen LogP contribution is -2.53. The lowest BCUT2D eigenvalue weighted by atomic mass is 9.95. The molecule has 2 aliphatic carbocycles. The number of nitrogens with two attached hydrogens (primary N) is 1. The summed E-state index contributed by atoms with van der Waals surface area (Å²) in [7, 11) is 0. The van der Waals surface area contributed by atoms with E-state index in [1.807, 2.05) is 0 Å². The summed E-state index contributed by atoms with van der Waals surface area (Å²) >= 11 is 0. The third kappa shape index (κ3) is 2.47. The first-order valence-corrected chi connectivity index (χ1v) is 7.63. The number of nitrogens with one attached hydrogen (secondary N) is 1. The smallest absolute Gasteiger partial charge is 0.224 e. The number of carbonyl (C=O) groups excluding carboxylic acids is 1. The van der Waals surface area contributed by atoms with E-state index in [4.69, 9.17) is 5.73 Å². The van der Waals surface area contributed by atoms with Gasteiger partial charge in [-0.2, -0.15) is 0 Å². The molecule has 2 fully saturated rings. The Morgan fingerprint density at radius 1 is 1.40 bits per heavy atom. The minimum atomic E-state index is -0.198. The molecule has 20 heavy (non-hydrogen) atoms. The second kappa shape index (κ2) is 4.88. The fourth-order valence-corrected chi connectivity index (χ4v) is 3.25. The Morgan fingerprint density at radius 3 is 2.70 bits per heavy atom. The highest BCUT2D eigenvalue weighted by Gasteiger charge is 2.48. The number of benzene rings is 1.